The molecule has 0 saturated carbocycles. The van der Waals surface area contributed by atoms with Crippen LogP contribution in [0.3, 0.4) is 0 Å². The van der Waals surface area contributed by atoms with Gasteiger partial charge in [-0.3, -0.25) is 0 Å². The number of aromatic carboxylic acids is 1. The van der Waals surface area contributed by atoms with Crippen molar-refractivity contribution in [2.45, 2.75) is 13.3 Å². The highest BCUT2D eigenvalue weighted by Gasteiger charge is 2.18. The summed E-state index contributed by atoms with van der Waals surface area (Å²) in [4.78, 5) is 11.2. The van der Waals surface area contributed by atoms with Gasteiger partial charge >= 0.3 is 5.97 Å². The third-order valence-electron chi connectivity index (χ3n) is 2.82. The van der Waals surface area contributed by atoms with Gasteiger partial charge in [0.1, 0.15) is 5.69 Å². The molecule has 0 unspecified atom stereocenters. The van der Waals surface area contributed by atoms with E-state index < -0.39 is 5.97 Å². The topological polar surface area (TPSA) is 42.2 Å². The zero-order valence-electron chi connectivity index (χ0n) is 9.12. The van der Waals surface area contributed by atoms with Gasteiger partial charge in [0.15, 0.2) is 0 Å². The van der Waals surface area contributed by atoms with Gasteiger partial charge in [0, 0.05) is 22.4 Å². The molecule has 3 nitrogen and oxygen atoms in total. The Kier molecular flexibility index (Phi) is 2.76. The number of aromatic nitrogens is 1. The summed E-state index contributed by atoms with van der Waals surface area (Å²) in [6.45, 7) is 1.98. The van der Waals surface area contributed by atoms with Crippen molar-refractivity contribution in [2.24, 2.45) is 7.05 Å². The van der Waals surface area contributed by atoms with Gasteiger partial charge in [0.05, 0.1) is 0 Å². The van der Waals surface area contributed by atoms with Gasteiger partial charge in [0.25, 0.3) is 0 Å². The molecule has 1 aromatic heterocycles. The molecule has 16 heavy (non-hydrogen) atoms. The van der Waals surface area contributed by atoms with Gasteiger partial charge < -0.3 is 9.67 Å². The molecular weight excluding hydrogens is 270 g/mol. The summed E-state index contributed by atoms with van der Waals surface area (Å²) >= 11 is 3.40. The van der Waals surface area contributed by atoms with E-state index in [9.17, 15) is 9.90 Å². The summed E-state index contributed by atoms with van der Waals surface area (Å²) in [6.07, 6.45) is 0.723. The summed E-state index contributed by atoms with van der Waals surface area (Å²) in [5.41, 5.74) is 2.23. The van der Waals surface area contributed by atoms with E-state index in [0.717, 1.165) is 27.4 Å². The van der Waals surface area contributed by atoms with Crippen LogP contribution < -0.4 is 0 Å². The predicted molar refractivity (Wildman–Crippen MR) is 67.0 cm³/mol. The molecule has 0 radical (unpaired) electrons. The van der Waals surface area contributed by atoms with Gasteiger partial charge in [-0.15, -0.1) is 0 Å². The summed E-state index contributed by atoms with van der Waals surface area (Å²) in [7, 11) is 1.79. The summed E-state index contributed by atoms with van der Waals surface area (Å²) in [5, 5.41) is 10.2. The number of nitrogens with zero attached hydrogens (tertiary/aromatic N) is 1. The smallest absolute Gasteiger partial charge is 0.352 e. The number of hydrogen-bond donors (Lipinski definition) is 1. The van der Waals surface area contributed by atoms with E-state index in [1.807, 2.05) is 25.1 Å². The number of carbonyl (C=O) groups is 1. The Hall–Kier alpha value is -1.29. The van der Waals surface area contributed by atoms with Gasteiger partial charge in [-0.25, -0.2) is 4.79 Å². The molecule has 0 aliphatic carbocycles. The summed E-state index contributed by atoms with van der Waals surface area (Å²) in [5.74, 6) is -0.869. The summed E-state index contributed by atoms with van der Waals surface area (Å²) < 4.78 is 2.70. The van der Waals surface area contributed by atoms with E-state index in [4.69, 9.17) is 0 Å². The van der Waals surface area contributed by atoms with Gasteiger partial charge in [-0.2, -0.15) is 0 Å². The van der Waals surface area contributed by atoms with Gasteiger partial charge in [-0.1, -0.05) is 28.9 Å². The Balaban J connectivity index is 2.90. The lowest BCUT2D eigenvalue weighted by molar-refractivity contribution is 0.0686. The lowest BCUT2D eigenvalue weighted by Crippen LogP contribution is -2.06. The maximum absolute atomic E-state index is 11.2. The van der Waals surface area contributed by atoms with E-state index >= 15 is 0 Å². The van der Waals surface area contributed by atoms with Crippen LogP contribution in [0.15, 0.2) is 22.7 Å². The number of carboxylic acid groups (broad SMARTS) is 1. The normalized spacial score (nSPS) is 10.9. The number of rotatable bonds is 2. The number of halogens is 1. The molecule has 0 spiro atoms. The van der Waals surface area contributed by atoms with Crippen LogP contribution >= 0.6 is 15.9 Å². The number of benzene rings is 1. The molecule has 84 valence electrons. The third-order valence-corrected chi connectivity index (χ3v) is 3.32. The Bertz CT molecular complexity index is 572. The fourth-order valence-electron chi connectivity index (χ4n) is 2.12. The lowest BCUT2D eigenvalue weighted by Gasteiger charge is -2.00. The van der Waals surface area contributed by atoms with E-state index in [0.29, 0.717) is 5.69 Å². The van der Waals surface area contributed by atoms with Crippen LogP contribution in [0.2, 0.25) is 0 Å². The SMILES string of the molecule is CCc1c(C(=O)O)n(C)c2cc(Br)ccc12. The molecule has 0 atom stereocenters. The second-order valence-corrected chi connectivity index (χ2v) is 4.62. The molecule has 1 aromatic carbocycles. The second kappa shape index (κ2) is 3.94. The Labute approximate surface area is 102 Å². The van der Waals surface area contributed by atoms with E-state index in [1.165, 1.54) is 0 Å². The third kappa shape index (κ3) is 1.53. The molecule has 2 aromatic rings. The minimum absolute atomic E-state index is 0.385. The van der Waals surface area contributed by atoms with Crippen molar-refractivity contribution in [3.63, 3.8) is 0 Å². The molecule has 0 bridgehead atoms. The van der Waals surface area contributed by atoms with Crippen molar-refractivity contribution < 1.29 is 9.90 Å². The van der Waals surface area contributed by atoms with Crippen molar-refractivity contribution in [3.8, 4) is 0 Å². The zero-order chi connectivity index (χ0) is 11.9. The van der Waals surface area contributed by atoms with Crippen molar-refractivity contribution in [1.29, 1.82) is 0 Å². The highest BCUT2D eigenvalue weighted by Crippen LogP contribution is 2.28. The molecule has 1 heterocycles. The van der Waals surface area contributed by atoms with Crippen molar-refractivity contribution >= 4 is 32.8 Å². The fraction of sp³-hybridized carbons (Fsp3) is 0.250. The second-order valence-electron chi connectivity index (χ2n) is 3.71. The maximum Gasteiger partial charge on any atom is 0.352 e. The predicted octanol–water partition coefficient (Wildman–Crippen LogP) is 3.20. The first-order chi connectivity index (χ1) is 7.56. The molecule has 0 saturated heterocycles. The summed E-state index contributed by atoms with van der Waals surface area (Å²) in [6, 6.07) is 5.85. The number of aryl methyl sites for hydroxylation is 2. The van der Waals surface area contributed by atoms with E-state index in [2.05, 4.69) is 15.9 Å². The van der Waals surface area contributed by atoms with Crippen LogP contribution in [0.5, 0.6) is 0 Å². The molecule has 4 heteroatoms. The molecule has 1 N–H and O–H groups in total. The van der Waals surface area contributed by atoms with Crippen molar-refractivity contribution in [2.75, 3.05) is 0 Å². The largest absolute Gasteiger partial charge is 0.477 e. The lowest BCUT2D eigenvalue weighted by atomic mass is 10.1. The Morgan fingerprint density at radius 2 is 2.19 bits per heavy atom. The Morgan fingerprint density at radius 1 is 1.50 bits per heavy atom. The van der Waals surface area contributed by atoms with Crippen LogP contribution in [-0.4, -0.2) is 15.6 Å². The van der Waals surface area contributed by atoms with Crippen LogP contribution in [0.1, 0.15) is 23.0 Å². The molecule has 0 aliphatic heterocycles. The van der Waals surface area contributed by atoms with Crippen LogP contribution in [0.25, 0.3) is 10.9 Å². The molecular formula is C12H12BrNO2. The van der Waals surface area contributed by atoms with Gasteiger partial charge in [-0.05, 0) is 24.1 Å². The minimum Gasteiger partial charge on any atom is -0.477 e. The molecule has 2 rings (SSSR count). The van der Waals surface area contributed by atoms with E-state index in [1.54, 1.807) is 11.6 Å². The molecule has 0 fully saturated rings. The quantitative estimate of drug-likeness (QED) is 0.919. The molecule has 0 amide bonds. The fourth-order valence-corrected chi connectivity index (χ4v) is 2.47. The van der Waals surface area contributed by atoms with Gasteiger partial charge in [0.2, 0.25) is 0 Å². The minimum atomic E-state index is -0.869. The van der Waals surface area contributed by atoms with Crippen LogP contribution in [0, 0.1) is 0 Å². The monoisotopic (exact) mass is 281 g/mol. The number of fused-ring (bicyclic) bond motifs is 1. The maximum atomic E-state index is 11.2. The Morgan fingerprint density at radius 3 is 2.75 bits per heavy atom. The average molecular weight is 282 g/mol. The first-order valence-electron chi connectivity index (χ1n) is 5.06. The zero-order valence-corrected chi connectivity index (χ0v) is 10.7. The molecule has 0 aliphatic rings. The standard InChI is InChI=1S/C12H12BrNO2/c1-3-8-9-5-4-7(13)6-10(9)14(2)11(8)12(15)16/h4-6H,3H2,1-2H3,(H,15,16). The van der Waals surface area contributed by atoms with Crippen LogP contribution in [-0.2, 0) is 13.5 Å². The van der Waals surface area contributed by atoms with Crippen LogP contribution in [0.4, 0.5) is 0 Å². The number of carboxylic acids is 1. The van der Waals surface area contributed by atoms with Crippen molar-refractivity contribution in [1.82, 2.24) is 4.57 Å². The average Bonchev–Trinajstić information content (AvgIpc) is 2.51. The highest BCUT2D eigenvalue weighted by molar-refractivity contribution is 9.10. The first kappa shape index (κ1) is 11.2. The van der Waals surface area contributed by atoms with Crippen molar-refractivity contribution in [3.05, 3.63) is 33.9 Å². The highest BCUT2D eigenvalue weighted by atomic mass is 79.9. The van der Waals surface area contributed by atoms with E-state index in [-0.39, 0.29) is 0 Å². The number of hydrogen-bond acceptors (Lipinski definition) is 1. The first-order valence-corrected chi connectivity index (χ1v) is 5.85.